The predicted octanol–water partition coefficient (Wildman–Crippen LogP) is 3.95. The summed E-state index contributed by atoms with van der Waals surface area (Å²) in [7, 11) is 1.77. The summed E-state index contributed by atoms with van der Waals surface area (Å²) in [6, 6.07) is 11.2. The van der Waals surface area contributed by atoms with E-state index in [1.54, 1.807) is 30.3 Å². The Morgan fingerprint density at radius 3 is 2.72 bits per heavy atom. The minimum Gasteiger partial charge on any atom is -0.459 e. The van der Waals surface area contributed by atoms with Gasteiger partial charge in [0, 0.05) is 30.3 Å². The average molecular weight is 335 g/mol. The standard InChI is InChI=1S/C20H21N3O2/c1-13-16-6-4-5-7-17(16)25-20(13)14(2)23(3)19(24)11-9-15-8-10-18(21)22-12-15/h4-12,14H,1-3H3,(H2,21,22)/b11-9+/t14-/m1/s1. The highest BCUT2D eigenvalue weighted by atomic mass is 16.3. The molecule has 0 unspecified atom stereocenters. The molecule has 0 saturated heterocycles. The molecule has 2 heterocycles. The van der Waals surface area contributed by atoms with Gasteiger partial charge in [0.15, 0.2) is 0 Å². The van der Waals surface area contributed by atoms with Crippen LogP contribution in [-0.2, 0) is 4.79 Å². The monoisotopic (exact) mass is 335 g/mol. The molecule has 128 valence electrons. The number of benzene rings is 1. The van der Waals surface area contributed by atoms with Crippen LogP contribution in [0.25, 0.3) is 17.0 Å². The summed E-state index contributed by atoms with van der Waals surface area (Å²) in [6.45, 7) is 3.98. The number of hydrogen-bond acceptors (Lipinski definition) is 4. The van der Waals surface area contributed by atoms with Crippen molar-refractivity contribution in [2.24, 2.45) is 0 Å². The number of rotatable bonds is 4. The first kappa shape index (κ1) is 16.8. The second-order valence-electron chi connectivity index (χ2n) is 6.06. The molecular formula is C20H21N3O2. The van der Waals surface area contributed by atoms with E-state index < -0.39 is 0 Å². The largest absolute Gasteiger partial charge is 0.459 e. The van der Waals surface area contributed by atoms with Crippen molar-refractivity contribution in [3.05, 3.63) is 65.6 Å². The topological polar surface area (TPSA) is 72.4 Å². The molecule has 2 aromatic heterocycles. The van der Waals surface area contributed by atoms with Gasteiger partial charge < -0.3 is 15.1 Å². The first-order valence-electron chi connectivity index (χ1n) is 8.12. The Morgan fingerprint density at radius 1 is 1.28 bits per heavy atom. The number of hydrogen-bond donors (Lipinski definition) is 1. The molecule has 0 aliphatic rings. The summed E-state index contributed by atoms with van der Waals surface area (Å²) in [5.74, 6) is 1.15. The van der Waals surface area contributed by atoms with Crippen molar-refractivity contribution in [2.75, 3.05) is 12.8 Å². The van der Waals surface area contributed by atoms with E-state index in [9.17, 15) is 4.79 Å². The molecule has 0 saturated carbocycles. The van der Waals surface area contributed by atoms with Gasteiger partial charge in [0.1, 0.15) is 17.2 Å². The lowest BCUT2D eigenvalue weighted by atomic mass is 10.1. The number of pyridine rings is 1. The zero-order chi connectivity index (χ0) is 18.0. The third-order valence-corrected chi connectivity index (χ3v) is 4.42. The number of anilines is 1. The molecule has 0 radical (unpaired) electrons. The minimum atomic E-state index is -0.172. The second kappa shape index (κ2) is 6.81. The van der Waals surface area contributed by atoms with Crippen molar-refractivity contribution in [3.8, 4) is 0 Å². The van der Waals surface area contributed by atoms with Crippen LogP contribution < -0.4 is 5.73 Å². The fourth-order valence-corrected chi connectivity index (χ4v) is 2.76. The van der Waals surface area contributed by atoms with Crippen LogP contribution in [0.15, 0.2) is 53.1 Å². The number of likely N-dealkylation sites (N-methyl/N-ethyl adjacent to an activating group) is 1. The maximum Gasteiger partial charge on any atom is 0.246 e. The molecule has 0 spiro atoms. The lowest BCUT2D eigenvalue weighted by molar-refractivity contribution is -0.126. The number of nitrogens with zero attached hydrogens (tertiary/aromatic N) is 2. The maximum atomic E-state index is 12.5. The highest BCUT2D eigenvalue weighted by Gasteiger charge is 2.22. The Balaban J connectivity index is 1.78. The number of furan rings is 1. The van der Waals surface area contributed by atoms with Crippen LogP contribution in [0.1, 0.15) is 29.9 Å². The molecule has 25 heavy (non-hydrogen) atoms. The van der Waals surface area contributed by atoms with Crippen molar-refractivity contribution in [3.63, 3.8) is 0 Å². The van der Waals surface area contributed by atoms with Crippen molar-refractivity contribution in [1.82, 2.24) is 9.88 Å². The molecule has 0 aliphatic heterocycles. The number of nitrogens with two attached hydrogens (primary N) is 1. The smallest absolute Gasteiger partial charge is 0.246 e. The Labute approximate surface area is 146 Å². The van der Waals surface area contributed by atoms with E-state index in [-0.39, 0.29) is 11.9 Å². The number of nitrogen functional groups attached to an aromatic ring is 1. The van der Waals surface area contributed by atoms with Crippen molar-refractivity contribution >= 4 is 28.8 Å². The lowest BCUT2D eigenvalue weighted by Gasteiger charge is -2.22. The Kier molecular flexibility index (Phi) is 4.57. The second-order valence-corrected chi connectivity index (χ2v) is 6.06. The first-order chi connectivity index (χ1) is 12.0. The van der Waals surface area contributed by atoms with Gasteiger partial charge in [-0.3, -0.25) is 4.79 Å². The molecule has 3 rings (SSSR count). The zero-order valence-corrected chi connectivity index (χ0v) is 14.6. The average Bonchev–Trinajstić information content (AvgIpc) is 2.97. The van der Waals surface area contributed by atoms with Crippen LogP contribution in [0.4, 0.5) is 5.82 Å². The summed E-state index contributed by atoms with van der Waals surface area (Å²) in [5.41, 5.74) is 8.29. The molecule has 0 bridgehead atoms. The van der Waals surface area contributed by atoms with E-state index in [2.05, 4.69) is 4.98 Å². The van der Waals surface area contributed by atoms with Crippen molar-refractivity contribution in [1.29, 1.82) is 0 Å². The third-order valence-electron chi connectivity index (χ3n) is 4.42. The fourth-order valence-electron chi connectivity index (χ4n) is 2.76. The van der Waals surface area contributed by atoms with Gasteiger partial charge in [0.05, 0.1) is 6.04 Å². The zero-order valence-electron chi connectivity index (χ0n) is 14.6. The number of carbonyl (C=O) groups is 1. The van der Waals surface area contributed by atoms with E-state index in [0.29, 0.717) is 5.82 Å². The van der Waals surface area contributed by atoms with Gasteiger partial charge >= 0.3 is 0 Å². The van der Waals surface area contributed by atoms with Crippen LogP contribution in [-0.4, -0.2) is 22.8 Å². The number of aryl methyl sites for hydroxylation is 1. The van der Waals surface area contributed by atoms with E-state index in [0.717, 1.165) is 27.9 Å². The summed E-state index contributed by atoms with van der Waals surface area (Å²) < 4.78 is 5.97. The van der Waals surface area contributed by atoms with E-state index in [4.69, 9.17) is 10.2 Å². The normalized spacial score (nSPS) is 12.6. The number of carbonyl (C=O) groups excluding carboxylic acids is 1. The maximum absolute atomic E-state index is 12.5. The molecule has 1 atom stereocenters. The van der Waals surface area contributed by atoms with Gasteiger partial charge in [-0.2, -0.15) is 0 Å². The number of para-hydroxylation sites is 1. The van der Waals surface area contributed by atoms with Crippen LogP contribution >= 0.6 is 0 Å². The van der Waals surface area contributed by atoms with Crippen LogP contribution in [0.3, 0.4) is 0 Å². The molecule has 0 fully saturated rings. The van der Waals surface area contributed by atoms with Gasteiger partial charge in [-0.1, -0.05) is 18.2 Å². The summed E-state index contributed by atoms with van der Waals surface area (Å²) in [5, 5.41) is 1.08. The van der Waals surface area contributed by atoms with Crippen molar-refractivity contribution in [2.45, 2.75) is 19.9 Å². The predicted molar refractivity (Wildman–Crippen MR) is 99.8 cm³/mol. The fraction of sp³-hybridized carbons (Fsp3) is 0.200. The highest BCUT2D eigenvalue weighted by Crippen LogP contribution is 2.31. The summed E-state index contributed by atoms with van der Waals surface area (Å²) in [6.07, 6.45) is 4.89. The van der Waals surface area contributed by atoms with Crippen LogP contribution in [0.2, 0.25) is 0 Å². The van der Waals surface area contributed by atoms with Gasteiger partial charge in [-0.15, -0.1) is 0 Å². The SMILES string of the molecule is Cc1c([C@@H](C)N(C)C(=O)/C=C/c2ccc(N)nc2)oc2ccccc12. The molecule has 0 aliphatic carbocycles. The number of amides is 1. The van der Waals surface area contributed by atoms with Gasteiger partial charge in [-0.25, -0.2) is 4.98 Å². The summed E-state index contributed by atoms with van der Waals surface area (Å²) >= 11 is 0. The molecule has 5 heteroatoms. The minimum absolute atomic E-state index is 0.107. The number of aromatic nitrogens is 1. The summed E-state index contributed by atoms with van der Waals surface area (Å²) in [4.78, 5) is 18.1. The van der Waals surface area contributed by atoms with E-state index in [1.165, 1.54) is 6.08 Å². The number of fused-ring (bicyclic) bond motifs is 1. The third kappa shape index (κ3) is 3.40. The lowest BCUT2D eigenvalue weighted by Crippen LogP contribution is -2.28. The Hall–Kier alpha value is -3.08. The van der Waals surface area contributed by atoms with Crippen LogP contribution in [0, 0.1) is 6.92 Å². The van der Waals surface area contributed by atoms with Gasteiger partial charge in [0.2, 0.25) is 5.91 Å². The van der Waals surface area contributed by atoms with E-state index >= 15 is 0 Å². The first-order valence-corrected chi connectivity index (χ1v) is 8.12. The van der Waals surface area contributed by atoms with Gasteiger partial charge in [-0.05, 0) is 43.7 Å². The molecule has 3 aromatic rings. The molecular weight excluding hydrogens is 314 g/mol. The van der Waals surface area contributed by atoms with Crippen LogP contribution in [0.5, 0.6) is 0 Å². The Morgan fingerprint density at radius 2 is 2.04 bits per heavy atom. The van der Waals surface area contributed by atoms with Crippen molar-refractivity contribution < 1.29 is 9.21 Å². The molecule has 5 nitrogen and oxygen atoms in total. The quantitative estimate of drug-likeness (QED) is 0.733. The van der Waals surface area contributed by atoms with E-state index in [1.807, 2.05) is 44.2 Å². The molecule has 2 N–H and O–H groups in total. The van der Waals surface area contributed by atoms with Gasteiger partial charge in [0.25, 0.3) is 0 Å². The molecule has 1 amide bonds. The highest BCUT2D eigenvalue weighted by molar-refractivity contribution is 5.92. The Bertz CT molecular complexity index is 926. The molecule has 1 aromatic carbocycles.